The average molecular weight is 195 g/mol. The highest BCUT2D eigenvalue weighted by molar-refractivity contribution is 5.15. The van der Waals surface area contributed by atoms with Crippen LogP contribution in [0.15, 0.2) is 10.9 Å². The molecule has 4 nitrogen and oxygen atoms in total. The Hall–Kier alpha value is -0.900. The molecule has 0 amide bonds. The van der Waals surface area contributed by atoms with Gasteiger partial charge in [0.25, 0.3) is 0 Å². The predicted octanol–water partition coefficient (Wildman–Crippen LogP) is 1.68. The van der Waals surface area contributed by atoms with Gasteiger partial charge in [-0.25, -0.2) is 0 Å². The van der Waals surface area contributed by atoms with Gasteiger partial charge in [0.05, 0.1) is 5.54 Å². The van der Waals surface area contributed by atoms with Crippen LogP contribution in [0.5, 0.6) is 0 Å². The van der Waals surface area contributed by atoms with E-state index >= 15 is 0 Å². The lowest BCUT2D eigenvalue weighted by molar-refractivity contribution is 0.288. The fourth-order valence-electron chi connectivity index (χ4n) is 2.28. The van der Waals surface area contributed by atoms with Gasteiger partial charge in [-0.15, -0.1) is 0 Å². The van der Waals surface area contributed by atoms with Crippen molar-refractivity contribution in [3.8, 4) is 0 Å². The molecule has 1 saturated carbocycles. The van der Waals surface area contributed by atoms with Crippen molar-refractivity contribution in [2.45, 2.75) is 39.2 Å². The van der Waals surface area contributed by atoms with E-state index in [1.807, 2.05) is 0 Å². The first kappa shape index (κ1) is 9.65. The van der Waals surface area contributed by atoms with Crippen molar-refractivity contribution in [3.05, 3.63) is 12.2 Å². The molecule has 2 N–H and O–H groups in total. The molecular weight excluding hydrogens is 178 g/mol. The Bertz CT molecular complexity index is 320. The molecule has 2 unspecified atom stereocenters. The Labute approximate surface area is 83.9 Å². The number of aromatic nitrogens is 2. The summed E-state index contributed by atoms with van der Waals surface area (Å²) in [5, 5.41) is 3.87. The SMILES string of the molecule is CCC(N)(c1ncon1)C1CC1(C)C. The monoisotopic (exact) mass is 195 g/mol. The maximum absolute atomic E-state index is 6.36. The molecule has 0 spiro atoms. The summed E-state index contributed by atoms with van der Waals surface area (Å²) < 4.78 is 4.77. The number of hydrogen-bond acceptors (Lipinski definition) is 4. The summed E-state index contributed by atoms with van der Waals surface area (Å²) in [5.41, 5.74) is 6.28. The molecule has 1 aromatic rings. The third kappa shape index (κ3) is 1.25. The quantitative estimate of drug-likeness (QED) is 0.797. The molecule has 0 saturated heterocycles. The van der Waals surface area contributed by atoms with Crippen LogP contribution in [-0.2, 0) is 5.54 Å². The molecule has 0 aromatic carbocycles. The Morgan fingerprint density at radius 3 is 2.71 bits per heavy atom. The summed E-state index contributed by atoms with van der Waals surface area (Å²) in [6.45, 7) is 6.54. The molecule has 1 aromatic heterocycles. The molecule has 2 rings (SSSR count). The zero-order valence-corrected chi connectivity index (χ0v) is 8.95. The van der Waals surface area contributed by atoms with E-state index in [1.54, 1.807) is 0 Å². The molecule has 0 bridgehead atoms. The van der Waals surface area contributed by atoms with Crippen LogP contribution in [0.3, 0.4) is 0 Å². The second-order valence-corrected chi connectivity index (χ2v) is 4.89. The van der Waals surface area contributed by atoms with E-state index in [4.69, 9.17) is 10.3 Å². The predicted molar refractivity (Wildman–Crippen MR) is 52.3 cm³/mol. The first-order valence-corrected chi connectivity index (χ1v) is 5.06. The van der Waals surface area contributed by atoms with Crippen LogP contribution >= 0.6 is 0 Å². The number of hydrogen-bond donors (Lipinski definition) is 1. The van der Waals surface area contributed by atoms with Crippen LogP contribution in [-0.4, -0.2) is 10.1 Å². The smallest absolute Gasteiger partial charge is 0.213 e. The van der Waals surface area contributed by atoms with Crippen LogP contribution in [0.1, 0.15) is 39.4 Å². The molecule has 1 aliphatic carbocycles. The molecule has 0 aliphatic heterocycles. The summed E-state index contributed by atoms with van der Waals surface area (Å²) in [4.78, 5) is 4.08. The second-order valence-electron chi connectivity index (χ2n) is 4.89. The van der Waals surface area contributed by atoms with E-state index in [0.717, 1.165) is 12.8 Å². The molecule has 1 aliphatic rings. The van der Waals surface area contributed by atoms with Crippen molar-refractivity contribution >= 4 is 0 Å². The summed E-state index contributed by atoms with van der Waals surface area (Å²) in [6, 6.07) is 0. The molecule has 2 atom stereocenters. The minimum absolute atomic E-state index is 0.325. The van der Waals surface area contributed by atoms with Crippen molar-refractivity contribution in [2.24, 2.45) is 17.1 Å². The van der Waals surface area contributed by atoms with E-state index in [1.165, 1.54) is 6.39 Å². The second kappa shape index (κ2) is 2.79. The van der Waals surface area contributed by atoms with Crippen LogP contribution in [0.4, 0.5) is 0 Å². The van der Waals surface area contributed by atoms with Gasteiger partial charge in [0, 0.05) is 0 Å². The fourth-order valence-corrected chi connectivity index (χ4v) is 2.28. The standard InChI is InChI=1S/C10H17N3O/c1-4-10(11,7-5-9(7,2)3)8-12-6-14-13-8/h6-7H,4-5,11H2,1-3H3. The lowest BCUT2D eigenvalue weighted by Gasteiger charge is -2.26. The maximum Gasteiger partial charge on any atom is 0.213 e. The first-order valence-electron chi connectivity index (χ1n) is 5.06. The average Bonchev–Trinajstić information content (AvgIpc) is 2.62. The van der Waals surface area contributed by atoms with Crippen molar-refractivity contribution in [2.75, 3.05) is 0 Å². The van der Waals surface area contributed by atoms with Gasteiger partial charge in [-0.3, -0.25) is 0 Å². The fraction of sp³-hybridized carbons (Fsp3) is 0.800. The minimum atomic E-state index is -0.406. The summed E-state index contributed by atoms with van der Waals surface area (Å²) in [5.74, 6) is 1.12. The Kier molecular flexibility index (Phi) is 1.93. The minimum Gasteiger partial charge on any atom is -0.343 e. The third-order valence-corrected chi connectivity index (χ3v) is 3.50. The normalized spacial score (nSPS) is 28.4. The maximum atomic E-state index is 6.36. The van der Waals surface area contributed by atoms with E-state index in [2.05, 4.69) is 30.9 Å². The molecular formula is C10H17N3O. The zero-order chi connectivity index (χ0) is 10.4. The van der Waals surface area contributed by atoms with E-state index < -0.39 is 5.54 Å². The third-order valence-electron chi connectivity index (χ3n) is 3.50. The molecule has 1 fully saturated rings. The molecule has 0 radical (unpaired) electrons. The summed E-state index contributed by atoms with van der Waals surface area (Å²) in [7, 11) is 0. The zero-order valence-electron chi connectivity index (χ0n) is 8.95. The van der Waals surface area contributed by atoms with Crippen molar-refractivity contribution in [1.82, 2.24) is 10.1 Å². The van der Waals surface area contributed by atoms with Gasteiger partial charge in [0.1, 0.15) is 0 Å². The highest BCUT2D eigenvalue weighted by atomic mass is 16.5. The largest absolute Gasteiger partial charge is 0.343 e. The van der Waals surface area contributed by atoms with E-state index in [0.29, 0.717) is 17.2 Å². The van der Waals surface area contributed by atoms with Gasteiger partial charge in [0.15, 0.2) is 5.82 Å². The van der Waals surface area contributed by atoms with Crippen LogP contribution in [0.2, 0.25) is 0 Å². The molecule has 1 heterocycles. The van der Waals surface area contributed by atoms with Gasteiger partial charge in [-0.05, 0) is 24.2 Å². The van der Waals surface area contributed by atoms with E-state index in [-0.39, 0.29) is 0 Å². The van der Waals surface area contributed by atoms with Crippen LogP contribution in [0.25, 0.3) is 0 Å². The Morgan fingerprint density at radius 2 is 2.36 bits per heavy atom. The number of nitrogens with zero attached hydrogens (tertiary/aromatic N) is 2. The van der Waals surface area contributed by atoms with Crippen LogP contribution in [0, 0.1) is 11.3 Å². The van der Waals surface area contributed by atoms with Crippen LogP contribution < -0.4 is 5.73 Å². The lowest BCUT2D eigenvalue weighted by Crippen LogP contribution is -2.41. The van der Waals surface area contributed by atoms with E-state index in [9.17, 15) is 0 Å². The molecule has 78 valence electrons. The van der Waals surface area contributed by atoms with Gasteiger partial charge in [0.2, 0.25) is 6.39 Å². The molecule has 4 heteroatoms. The lowest BCUT2D eigenvalue weighted by atomic mass is 9.86. The Morgan fingerprint density at radius 1 is 1.71 bits per heavy atom. The Balaban J connectivity index is 2.28. The topological polar surface area (TPSA) is 64.9 Å². The van der Waals surface area contributed by atoms with Gasteiger partial charge >= 0.3 is 0 Å². The molecule has 14 heavy (non-hydrogen) atoms. The highest BCUT2D eigenvalue weighted by Gasteiger charge is 2.57. The summed E-state index contributed by atoms with van der Waals surface area (Å²) >= 11 is 0. The van der Waals surface area contributed by atoms with Gasteiger partial charge in [-0.1, -0.05) is 25.9 Å². The van der Waals surface area contributed by atoms with Gasteiger partial charge < -0.3 is 10.3 Å². The number of nitrogens with two attached hydrogens (primary N) is 1. The highest BCUT2D eigenvalue weighted by Crippen LogP contribution is 2.59. The van der Waals surface area contributed by atoms with Crippen molar-refractivity contribution in [3.63, 3.8) is 0 Å². The first-order chi connectivity index (χ1) is 6.50. The van der Waals surface area contributed by atoms with Gasteiger partial charge in [-0.2, -0.15) is 4.98 Å². The van der Waals surface area contributed by atoms with Crippen molar-refractivity contribution in [1.29, 1.82) is 0 Å². The summed E-state index contributed by atoms with van der Waals surface area (Å²) in [6.07, 6.45) is 3.34. The number of rotatable bonds is 3. The van der Waals surface area contributed by atoms with Crippen molar-refractivity contribution < 1.29 is 4.52 Å².